The number of hydrogen-bond donors (Lipinski definition) is 0. The van der Waals surface area contributed by atoms with Gasteiger partial charge in [-0.05, 0) is 53.1 Å². The monoisotopic (exact) mass is 340 g/mol. The third kappa shape index (κ3) is 3.36. The highest BCUT2D eigenvalue weighted by atomic mass is 16.5. The van der Waals surface area contributed by atoms with Crippen LogP contribution < -0.4 is 0 Å². The van der Waals surface area contributed by atoms with Gasteiger partial charge in [0.25, 0.3) is 0 Å². The van der Waals surface area contributed by atoms with Gasteiger partial charge in [-0.1, -0.05) is 84.9 Å². The summed E-state index contributed by atoms with van der Waals surface area (Å²) in [6, 6.07) is 25.9. The lowest BCUT2D eigenvalue weighted by Gasteiger charge is -2.21. The number of benzene rings is 3. The molecule has 4 rings (SSSR count). The molecule has 0 unspecified atom stereocenters. The Kier molecular flexibility index (Phi) is 4.73. The zero-order chi connectivity index (χ0) is 17.9. The van der Waals surface area contributed by atoms with Crippen molar-refractivity contribution in [2.24, 2.45) is 0 Å². The highest BCUT2D eigenvalue weighted by Crippen LogP contribution is 2.35. The summed E-state index contributed by atoms with van der Waals surface area (Å²) >= 11 is 0. The van der Waals surface area contributed by atoms with Gasteiger partial charge >= 0.3 is 0 Å². The Morgan fingerprint density at radius 2 is 1.38 bits per heavy atom. The third-order valence-electron chi connectivity index (χ3n) is 5.20. The SMILES string of the molecule is C=C(C)c1ccc(COC2c3ccccc3CCc3ccccc32)cc1. The molecule has 0 saturated heterocycles. The predicted molar refractivity (Wildman–Crippen MR) is 108 cm³/mol. The summed E-state index contributed by atoms with van der Waals surface area (Å²) in [6.07, 6.45) is 2.13. The lowest BCUT2D eigenvalue weighted by Crippen LogP contribution is -2.08. The molecule has 0 bridgehead atoms. The maximum absolute atomic E-state index is 6.48. The Bertz CT molecular complexity index is 873. The number of fused-ring (bicyclic) bond motifs is 2. The van der Waals surface area contributed by atoms with Gasteiger partial charge in [0.05, 0.1) is 6.61 Å². The lowest BCUT2D eigenvalue weighted by atomic mass is 9.97. The molecule has 1 aliphatic carbocycles. The number of rotatable bonds is 4. The van der Waals surface area contributed by atoms with Crippen LogP contribution >= 0.6 is 0 Å². The first-order valence-corrected chi connectivity index (χ1v) is 9.24. The average molecular weight is 340 g/mol. The number of ether oxygens (including phenoxy) is 1. The number of aryl methyl sites for hydroxylation is 2. The molecule has 1 nitrogen and oxygen atoms in total. The molecule has 0 aliphatic heterocycles. The summed E-state index contributed by atoms with van der Waals surface area (Å²) in [7, 11) is 0. The van der Waals surface area contributed by atoms with E-state index in [2.05, 4.69) is 79.4 Å². The second-order valence-electron chi connectivity index (χ2n) is 7.07. The highest BCUT2D eigenvalue weighted by molar-refractivity contribution is 5.61. The van der Waals surface area contributed by atoms with Crippen LogP contribution in [0.2, 0.25) is 0 Å². The molecule has 0 atom stereocenters. The van der Waals surface area contributed by atoms with Crippen LogP contribution in [0.3, 0.4) is 0 Å². The van der Waals surface area contributed by atoms with Crippen molar-refractivity contribution in [3.05, 3.63) is 113 Å². The van der Waals surface area contributed by atoms with E-state index in [0.29, 0.717) is 6.61 Å². The zero-order valence-electron chi connectivity index (χ0n) is 15.2. The van der Waals surface area contributed by atoms with Crippen molar-refractivity contribution in [1.82, 2.24) is 0 Å². The van der Waals surface area contributed by atoms with Crippen molar-refractivity contribution in [3.63, 3.8) is 0 Å². The van der Waals surface area contributed by atoms with Gasteiger partial charge in [-0.2, -0.15) is 0 Å². The minimum atomic E-state index is -0.00860. The molecule has 3 aromatic rings. The maximum atomic E-state index is 6.48. The molecule has 0 saturated carbocycles. The smallest absolute Gasteiger partial charge is 0.109 e. The van der Waals surface area contributed by atoms with E-state index >= 15 is 0 Å². The van der Waals surface area contributed by atoms with Crippen molar-refractivity contribution >= 4 is 5.57 Å². The van der Waals surface area contributed by atoms with E-state index in [1.807, 2.05) is 6.92 Å². The van der Waals surface area contributed by atoms with Crippen LogP contribution in [-0.4, -0.2) is 0 Å². The van der Waals surface area contributed by atoms with Gasteiger partial charge in [-0.3, -0.25) is 0 Å². The van der Waals surface area contributed by atoms with Crippen LogP contribution in [0.25, 0.3) is 5.57 Å². The van der Waals surface area contributed by atoms with E-state index in [4.69, 9.17) is 4.74 Å². The van der Waals surface area contributed by atoms with Crippen LogP contribution in [0.4, 0.5) is 0 Å². The quantitative estimate of drug-likeness (QED) is 0.555. The maximum Gasteiger partial charge on any atom is 0.109 e. The van der Waals surface area contributed by atoms with E-state index in [1.165, 1.54) is 33.4 Å². The van der Waals surface area contributed by atoms with E-state index < -0.39 is 0 Å². The molecule has 0 amide bonds. The average Bonchev–Trinajstić information content (AvgIpc) is 2.84. The Morgan fingerprint density at radius 3 is 1.92 bits per heavy atom. The standard InChI is InChI=1S/C25H24O/c1-18(2)20-13-11-19(12-14-20)17-26-25-23-9-5-3-7-21(23)15-16-22-8-4-6-10-24(22)25/h3-14,25H,1,15-17H2,2H3. The largest absolute Gasteiger partial charge is 0.364 e. The van der Waals surface area contributed by atoms with Crippen molar-refractivity contribution in [2.75, 3.05) is 0 Å². The summed E-state index contributed by atoms with van der Waals surface area (Å²) in [5.41, 5.74) is 8.85. The summed E-state index contributed by atoms with van der Waals surface area (Å²) in [6.45, 7) is 6.64. The number of allylic oxidation sites excluding steroid dienone is 1. The highest BCUT2D eigenvalue weighted by Gasteiger charge is 2.23. The lowest BCUT2D eigenvalue weighted by molar-refractivity contribution is 0.0663. The van der Waals surface area contributed by atoms with Crippen LogP contribution in [0.15, 0.2) is 79.4 Å². The minimum absolute atomic E-state index is 0.00860. The molecule has 130 valence electrons. The fourth-order valence-corrected chi connectivity index (χ4v) is 3.72. The summed E-state index contributed by atoms with van der Waals surface area (Å²) in [5.74, 6) is 0. The van der Waals surface area contributed by atoms with E-state index in [9.17, 15) is 0 Å². The first-order valence-electron chi connectivity index (χ1n) is 9.24. The molecule has 0 radical (unpaired) electrons. The number of hydrogen-bond acceptors (Lipinski definition) is 1. The van der Waals surface area contributed by atoms with E-state index in [0.717, 1.165) is 18.4 Å². The van der Waals surface area contributed by atoms with E-state index in [-0.39, 0.29) is 6.10 Å². The topological polar surface area (TPSA) is 9.23 Å². The fourth-order valence-electron chi connectivity index (χ4n) is 3.72. The van der Waals surface area contributed by atoms with Crippen molar-refractivity contribution in [2.45, 2.75) is 32.5 Å². The van der Waals surface area contributed by atoms with Crippen molar-refractivity contribution < 1.29 is 4.74 Å². The Morgan fingerprint density at radius 1 is 0.846 bits per heavy atom. The second-order valence-corrected chi connectivity index (χ2v) is 7.07. The Labute approximate surface area is 156 Å². The Hall–Kier alpha value is -2.64. The molecule has 0 heterocycles. The normalized spacial score (nSPS) is 13.6. The first kappa shape index (κ1) is 16.8. The minimum Gasteiger partial charge on any atom is -0.364 e. The predicted octanol–water partition coefficient (Wildman–Crippen LogP) is 6.12. The van der Waals surface area contributed by atoms with Crippen LogP contribution in [0.5, 0.6) is 0 Å². The Balaban J connectivity index is 1.63. The summed E-state index contributed by atoms with van der Waals surface area (Å²) < 4.78 is 6.48. The van der Waals surface area contributed by atoms with Crippen molar-refractivity contribution in [3.8, 4) is 0 Å². The van der Waals surface area contributed by atoms with E-state index in [1.54, 1.807) is 0 Å². The van der Waals surface area contributed by atoms with Crippen LogP contribution in [-0.2, 0) is 24.2 Å². The van der Waals surface area contributed by atoms with Crippen molar-refractivity contribution in [1.29, 1.82) is 0 Å². The molecule has 0 N–H and O–H groups in total. The molecule has 3 aromatic carbocycles. The third-order valence-corrected chi connectivity index (χ3v) is 5.20. The van der Waals surface area contributed by atoms with Gasteiger partial charge in [-0.15, -0.1) is 0 Å². The van der Waals surface area contributed by atoms with Crippen LogP contribution in [0, 0.1) is 0 Å². The van der Waals surface area contributed by atoms with Gasteiger partial charge in [-0.25, -0.2) is 0 Å². The second kappa shape index (κ2) is 7.31. The first-order chi connectivity index (χ1) is 12.7. The van der Waals surface area contributed by atoms with Gasteiger partial charge < -0.3 is 4.74 Å². The molecule has 0 spiro atoms. The molecule has 1 aliphatic rings. The zero-order valence-corrected chi connectivity index (χ0v) is 15.2. The molecular formula is C25H24O. The molecule has 0 aromatic heterocycles. The fraction of sp³-hybridized carbons (Fsp3) is 0.200. The molecule has 26 heavy (non-hydrogen) atoms. The summed E-state index contributed by atoms with van der Waals surface area (Å²) in [5, 5.41) is 0. The molecule has 1 heteroatoms. The van der Waals surface area contributed by atoms with Gasteiger partial charge in [0.15, 0.2) is 0 Å². The van der Waals surface area contributed by atoms with Gasteiger partial charge in [0.2, 0.25) is 0 Å². The molecule has 0 fully saturated rings. The summed E-state index contributed by atoms with van der Waals surface area (Å²) in [4.78, 5) is 0. The van der Waals surface area contributed by atoms with Crippen LogP contribution in [0.1, 0.15) is 46.4 Å². The van der Waals surface area contributed by atoms with Gasteiger partial charge in [0, 0.05) is 0 Å². The van der Waals surface area contributed by atoms with Gasteiger partial charge in [0.1, 0.15) is 6.10 Å². The molecular weight excluding hydrogens is 316 g/mol.